The minimum atomic E-state index is -4.43. The first-order chi connectivity index (χ1) is 27.4. The normalized spacial score (nSPS) is 12.8. The smallest absolute Gasteiger partial charge is 0.326 e. The van der Waals surface area contributed by atoms with Crippen molar-refractivity contribution in [2.24, 2.45) is 0 Å². The zero-order valence-electron chi connectivity index (χ0n) is 30.8. The number of hydrogen-bond donors (Lipinski definition) is 10. The molecular weight excluding hydrogens is 829 g/mol. The summed E-state index contributed by atoms with van der Waals surface area (Å²) < 4.78 is 35.9. The van der Waals surface area contributed by atoms with Gasteiger partial charge in [0.25, 0.3) is 21.6 Å². The van der Waals surface area contributed by atoms with E-state index in [0.717, 1.165) is 0 Å². The number of aliphatic carboxylic acids is 2. The number of nitrogen functional groups attached to an aromatic ring is 1. The van der Waals surface area contributed by atoms with Crippen molar-refractivity contribution in [3.8, 4) is 0 Å². The highest BCUT2D eigenvalue weighted by Crippen LogP contribution is 2.22. The first-order valence-electron chi connectivity index (χ1n) is 17.1. The number of carboxylic acid groups (broad SMARTS) is 2. The van der Waals surface area contributed by atoms with Crippen LogP contribution < -0.4 is 37.9 Å². The highest BCUT2D eigenvalue weighted by atomic mass is 33.1. The van der Waals surface area contributed by atoms with Gasteiger partial charge in [-0.25, -0.2) is 19.6 Å². The second-order valence-corrected chi connectivity index (χ2v) is 16.4. The molecule has 0 fully saturated rings. The van der Waals surface area contributed by atoms with Crippen molar-refractivity contribution >= 4 is 90.1 Å². The largest absolute Gasteiger partial charge is 0.480 e. The van der Waals surface area contributed by atoms with E-state index in [4.69, 9.17) is 15.0 Å². The summed E-state index contributed by atoms with van der Waals surface area (Å²) in [6.45, 7) is 0.0776. The molecule has 26 heteroatoms. The molecule has 0 saturated heterocycles. The molecule has 0 aliphatic rings. The van der Waals surface area contributed by atoms with E-state index < -0.39 is 101 Å². The van der Waals surface area contributed by atoms with Crippen molar-refractivity contribution in [3.05, 3.63) is 52.1 Å². The lowest BCUT2D eigenvalue weighted by Crippen LogP contribution is -2.53. The molecule has 0 saturated carbocycles. The van der Waals surface area contributed by atoms with Gasteiger partial charge in [0.15, 0.2) is 11.2 Å². The fourth-order valence-electron chi connectivity index (χ4n) is 4.75. The number of ether oxygens (including phenoxy) is 1. The van der Waals surface area contributed by atoms with Crippen LogP contribution in [0.15, 0.2) is 35.3 Å². The van der Waals surface area contributed by atoms with Crippen LogP contribution in [0.5, 0.6) is 0 Å². The zero-order chi connectivity index (χ0) is 42.8. The van der Waals surface area contributed by atoms with Gasteiger partial charge in [0.2, 0.25) is 23.7 Å². The molecule has 0 bridgehead atoms. The van der Waals surface area contributed by atoms with Gasteiger partial charge in [0, 0.05) is 42.8 Å². The van der Waals surface area contributed by atoms with Gasteiger partial charge >= 0.3 is 11.9 Å². The van der Waals surface area contributed by atoms with Crippen LogP contribution in [0.25, 0.3) is 11.2 Å². The molecule has 3 aromatic rings. The van der Waals surface area contributed by atoms with E-state index >= 15 is 0 Å². The van der Waals surface area contributed by atoms with Crippen molar-refractivity contribution in [3.63, 3.8) is 0 Å². The Balaban J connectivity index is 1.59. The van der Waals surface area contributed by atoms with Crippen LogP contribution in [0.2, 0.25) is 0 Å². The number of hydrogen-bond acceptors (Lipinski definition) is 17. The molecule has 316 valence electrons. The number of aromatic nitrogens is 4. The molecule has 11 N–H and O–H groups in total. The predicted octanol–water partition coefficient (Wildman–Crippen LogP) is -1.26. The molecule has 1 aromatic carbocycles. The Morgan fingerprint density at radius 3 is 2.24 bits per heavy atom. The molecule has 3 atom stereocenters. The summed E-state index contributed by atoms with van der Waals surface area (Å²) in [6, 6.07) is 1.19. The van der Waals surface area contributed by atoms with Crippen LogP contribution in [0.1, 0.15) is 41.7 Å². The fourth-order valence-corrected chi connectivity index (χ4v) is 7.11. The average molecular weight is 871 g/mol. The van der Waals surface area contributed by atoms with Gasteiger partial charge in [-0.1, -0.05) is 21.6 Å². The molecule has 0 unspecified atom stereocenters. The van der Waals surface area contributed by atoms with Crippen LogP contribution in [-0.4, -0.2) is 134 Å². The fraction of sp³-hybridized carbons (Fsp3) is 0.438. The third-order valence-electron chi connectivity index (χ3n) is 7.65. The average Bonchev–Trinajstić information content (AvgIpc) is 3.15. The van der Waals surface area contributed by atoms with Crippen molar-refractivity contribution < 1.29 is 56.7 Å². The number of H-pyrrole nitrogens is 1. The summed E-state index contributed by atoms with van der Waals surface area (Å²) in [6.07, 6.45) is -0.428. The number of methoxy groups -OCH3 is 1. The predicted molar refractivity (Wildman–Crippen MR) is 211 cm³/mol. The van der Waals surface area contributed by atoms with Crippen LogP contribution in [0, 0.1) is 0 Å². The summed E-state index contributed by atoms with van der Waals surface area (Å²) in [5.41, 5.74) is 6.03. The maximum Gasteiger partial charge on any atom is 0.326 e. The van der Waals surface area contributed by atoms with Crippen molar-refractivity contribution in [1.29, 1.82) is 0 Å². The van der Waals surface area contributed by atoms with E-state index in [9.17, 15) is 52.2 Å². The van der Waals surface area contributed by atoms with Crippen molar-refractivity contribution in [2.45, 2.75) is 50.4 Å². The van der Waals surface area contributed by atoms with Gasteiger partial charge in [-0.05, 0) is 37.1 Å². The number of aromatic amines is 1. The molecule has 58 heavy (non-hydrogen) atoms. The molecule has 0 spiro atoms. The van der Waals surface area contributed by atoms with E-state index in [0.29, 0.717) is 29.5 Å². The number of anilines is 2. The van der Waals surface area contributed by atoms with Crippen molar-refractivity contribution in [1.82, 2.24) is 41.2 Å². The molecule has 0 radical (unpaired) electrons. The Morgan fingerprint density at radius 2 is 1.59 bits per heavy atom. The highest BCUT2D eigenvalue weighted by Gasteiger charge is 2.29. The highest BCUT2D eigenvalue weighted by molar-refractivity contribution is 8.76. The minimum Gasteiger partial charge on any atom is -0.480 e. The van der Waals surface area contributed by atoms with E-state index in [1.165, 1.54) is 59.2 Å². The monoisotopic (exact) mass is 870 g/mol. The number of carbonyl (C=O) groups excluding carboxylic acids is 4. The van der Waals surface area contributed by atoms with Crippen molar-refractivity contribution in [2.75, 3.05) is 48.6 Å². The SMILES string of the molecule is COCCSSCC[C@H](NC(=O)[C@H](CC(=O)NCCS(=O)(=O)O)NC(=O)CC[C@H](NC(=O)c1ccc(NCc2cnc3nc(N)[nH]c(=O)c3n2)cc1)C(=O)O)C(=O)O. The molecule has 4 amide bonds. The van der Waals surface area contributed by atoms with Crippen LogP contribution in [0.3, 0.4) is 0 Å². The number of fused-ring (bicyclic) bond motifs is 1. The van der Waals surface area contributed by atoms with Gasteiger partial charge in [-0.15, -0.1) is 0 Å². The number of nitrogens with one attached hydrogen (secondary N) is 6. The Hall–Kier alpha value is -5.57. The maximum atomic E-state index is 13.2. The van der Waals surface area contributed by atoms with E-state index in [1.807, 2.05) is 0 Å². The molecular formula is C32H42N10O13S3. The van der Waals surface area contributed by atoms with Gasteiger partial charge in [0.1, 0.15) is 18.1 Å². The molecule has 2 aromatic heterocycles. The summed E-state index contributed by atoms with van der Waals surface area (Å²) in [7, 11) is -0.132. The second kappa shape index (κ2) is 23.0. The Bertz CT molecular complexity index is 2110. The first kappa shape index (κ1) is 46.8. The summed E-state index contributed by atoms with van der Waals surface area (Å²) in [5.74, 6) is -6.58. The topological polar surface area (TPSA) is 364 Å². The van der Waals surface area contributed by atoms with E-state index in [1.54, 1.807) is 0 Å². The quantitative estimate of drug-likeness (QED) is 0.0270. The number of rotatable bonds is 25. The number of amides is 4. The maximum absolute atomic E-state index is 13.2. The number of carboxylic acids is 2. The number of carbonyl (C=O) groups is 6. The third kappa shape index (κ3) is 16.5. The van der Waals surface area contributed by atoms with Gasteiger partial charge in [-0.2, -0.15) is 13.4 Å². The summed E-state index contributed by atoms with van der Waals surface area (Å²) in [5, 5.41) is 31.5. The number of nitrogens with two attached hydrogens (primary N) is 1. The Kier molecular flexibility index (Phi) is 18.6. The lowest BCUT2D eigenvalue weighted by atomic mass is 10.1. The molecule has 3 rings (SSSR count). The van der Waals surface area contributed by atoms with E-state index in [-0.39, 0.29) is 35.6 Å². The Morgan fingerprint density at radius 1 is 0.914 bits per heavy atom. The number of nitrogens with zero attached hydrogens (tertiary/aromatic N) is 3. The van der Waals surface area contributed by atoms with Crippen LogP contribution in [0.4, 0.5) is 11.6 Å². The molecule has 0 aliphatic heterocycles. The summed E-state index contributed by atoms with van der Waals surface area (Å²) in [4.78, 5) is 102. The zero-order valence-corrected chi connectivity index (χ0v) is 33.2. The van der Waals surface area contributed by atoms with Gasteiger partial charge in [0.05, 0.1) is 37.2 Å². The van der Waals surface area contributed by atoms with Gasteiger partial charge < -0.3 is 47.3 Å². The lowest BCUT2D eigenvalue weighted by Gasteiger charge is -2.22. The Labute approximate surface area is 338 Å². The van der Waals surface area contributed by atoms with Gasteiger partial charge in [-0.3, -0.25) is 33.5 Å². The first-order valence-corrected chi connectivity index (χ1v) is 21.2. The third-order valence-corrected chi connectivity index (χ3v) is 10.8. The van der Waals surface area contributed by atoms with Crippen LogP contribution >= 0.6 is 21.6 Å². The minimum absolute atomic E-state index is 0.00566. The standard InChI is InChI=1S/C32H42N10O13S3/c1-55-10-12-57-56-11-8-21(31(50)51)40-28(46)22(14-24(44)34-9-13-58(52,53)54)38-23(43)7-6-20(30(48)49)39-27(45)17-2-4-18(5-3-17)35-15-19-16-36-26-25(37-19)29(47)42-32(33)41-26/h2-5,16,20-22,35H,6-15H2,1H3,(H,34,44)(H,38,43)(H,39,45)(H,40,46)(H,48,49)(H,50,51)(H,52,53,54)(H3,33,36,41,42,47)/t20-,21-,22-/m0/s1. The molecule has 23 nitrogen and oxygen atoms in total. The molecule has 0 aliphatic carbocycles. The second-order valence-electron chi connectivity index (χ2n) is 12.1. The number of benzene rings is 1. The van der Waals surface area contributed by atoms with Crippen LogP contribution in [-0.2, 0) is 45.4 Å². The van der Waals surface area contributed by atoms with E-state index in [2.05, 4.69) is 46.5 Å². The summed E-state index contributed by atoms with van der Waals surface area (Å²) >= 11 is 0. The lowest BCUT2D eigenvalue weighted by molar-refractivity contribution is -0.142. The molecule has 2 heterocycles.